The second-order valence-electron chi connectivity index (χ2n) is 5.55. The molecule has 2 aromatic heterocycles. The molecule has 0 bridgehead atoms. The summed E-state index contributed by atoms with van der Waals surface area (Å²) in [6, 6.07) is 0. The molecular formula is C13H16BrN5O2. The molecule has 1 saturated heterocycles. The summed E-state index contributed by atoms with van der Waals surface area (Å²) in [5.41, 5.74) is 6.65. The van der Waals surface area contributed by atoms with Crippen molar-refractivity contribution in [3.05, 3.63) is 16.8 Å². The lowest BCUT2D eigenvalue weighted by atomic mass is 9.84. The van der Waals surface area contributed by atoms with Gasteiger partial charge in [-0.2, -0.15) is 5.10 Å². The summed E-state index contributed by atoms with van der Waals surface area (Å²) >= 11 is 3.45. The fraction of sp³-hybridized carbons (Fsp3) is 0.615. The van der Waals surface area contributed by atoms with Gasteiger partial charge in [0.05, 0.1) is 13.2 Å². The molecule has 2 aromatic rings. The highest BCUT2D eigenvalue weighted by Crippen LogP contribution is 2.42. The standard InChI is InChI=1S/C13H16BrN5O2/c14-10-9-11(15)16-7-17-19(9)12(18-10)8-1-3-13(4-2-8)20-5-6-21-13/h7-8H,1-6H2,(H2,15,16,17). The average molecular weight is 354 g/mol. The van der Waals surface area contributed by atoms with Crippen LogP contribution in [0.5, 0.6) is 0 Å². The highest BCUT2D eigenvalue weighted by atomic mass is 79.9. The molecule has 2 fully saturated rings. The van der Waals surface area contributed by atoms with Gasteiger partial charge in [0.15, 0.2) is 11.6 Å². The zero-order valence-electron chi connectivity index (χ0n) is 11.5. The van der Waals surface area contributed by atoms with Crippen molar-refractivity contribution in [3.63, 3.8) is 0 Å². The first-order valence-corrected chi connectivity index (χ1v) is 7.90. The van der Waals surface area contributed by atoms with Crippen LogP contribution in [0.4, 0.5) is 5.82 Å². The van der Waals surface area contributed by atoms with E-state index in [2.05, 4.69) is 31.0 Å². The number of ether oxygens (including phenoxy) is 2. The lowest BCUT2D eigenvalue weighted by molar-refractivity contribution is -0.179. The molecule has 1 aliphatic carbocycles. The number of nitrogens with two attached hydrogens (primary N) is 1. The number of anilines is 1. The fourth-order valence-corrected chi connectivity index (χ4v) is 3.85. The zero-order chi connectivity index (χ0) is 14.4. The van der Waals surface area contributed by atoms with Crippen LogP contribution in [0.1, 0.15) is 37.4 Å². The van der Waals surface area contributed by atoms with Crippen molar-refractivity contribution < 1.29 is 9.47 Å². The molecule has 112 valence electrons. The second kappa shape index (κ2) is 4.89. The number of rotatable bonds is 1. The van der Waals surface area contributed by atoms with E-state index in [1.54, 1.807) is 4.52 Å². The summed E-state index contributed by atoms with van der Waals surface area (Å²) in [6.07, 6.45) is 5.19. The van der Waals surface area contributed by atoms with E-state index in [4.69, 9.17) is 15.2 Å². The summed E-state index contributed by atoms with van der Waals surface area (Å²) in [5.74, 6) is 1.34. The maximum atomic E-state index is 5.91. The van der Waals surface area contributed by atoms with Gasteiger partial charge in [-0.05, 0) is 28.8 Å². The Hall–Kier alpha value is -1.25. The minimum atomic E-state index is -0.352. The van der Waals surface area contributed by atoms with Crippen LogP contribution in [0.2, 0.25) is 0 Å². The predicted molar refractivity (Wildman–Crippen MR) is 78.7 cm³/mol. The quantitative estimate of drug-likeness (QED) is 0.841. The lowest BCUT2D eigenvalue weighted by Crippen LogP contribution is -2.35. The molecular weight excluding hydrogens is 338 g/mol. The zero-order valence-corrected chi connectivity index (χ0v) is 13.0. The topological polar surface area (TPSA) is 87.6 Å². The molecule has 1 aliphatic heterocycles. The third-order valence-electron chi connectivity index (χ3n) is 4.37. The predicted octanol–water partition coefficient (Wildman–Crippen LogP) is 1.87. The molecule has 7 nitrogen and oxygen atoms in total. The Morgan fingerprint density at radius 3 is 2.71 bits per heavy atom. The SMILES string of the molecule is Nc1ncnn2c(C3CCC4(CC3)OCCO4)nc(Br)c12. The molecule has 2 N–H and O–H groups in total. The van der Waals surface area contributed by atoms with Crippen LogP contribution in [0, 0.1) is 0 Å². The number of halogens is 1. The van der Waals surface area contributed by atoms with Gasteiger partial charge in [-0.25, -0.2) is 14.5 Å². The number of aromatic nitrogens is 4. The Kier molecular flexibility index (Phi) is 3.13. The van der Waals surface area contributed by atoms with Gasteiger partial charge < -0.3 is 15.2 Å². The molecule has 0 atom stereocenters. The molecule has 0 unspecified atom stereocenters. The van der Waals surface area contributed by atoms with Gasteiger partial charge in [0.25, 0.3) is 0 Å². The summed E-state index contributed by atoms with van der Waals surface area (Å²) in [6.45, 7) is 1.40. The third-order valence-corrected chi connectivity index (χ3v) is 4.92. The molecule has 0 aromatic carbocycles. The molecule has 4 rings (SSSR count). The van der Waals surface area contributed by atoms with Crippen molar-refractivity contribution in [2.45, 2.75) is 37.4 Å². The molecule has 2 aliphatic rings. The van der Waals surface area contributed by atoms with Gasteiger partial charge in [-0.1, -0.05) is 0 Å². The Morgan fingerprint density at radius 1 is 1.29 bits per heavy atom. The summed E-state index contributed by atoms with van der Waals surface area (Å²) in [7, 11) is 0. The Bertz CT molecular complexity index is 672. The molecule has 21 heavy (non-hydrogen) atoms. The lowest BCUT2D eigenvalue weighted by Gasteiger charge is -2.34. The first-order valence-electron chi connectivity index (χ1n) is 7.11. The summed E-state index contributed by atoms with van der Waals surface area (Å²) in [4.78, 5) is 8.63. The van der Waals surface area contributed by atoms with Gasteiger partial charge in [0.2, 0.25) is 0 Å². The van der Waals surface area contributed by atoms with E-state index in [0.717, 1.165) is 37.0 Å². The van der Waals surface area contributed by atoms with E-state index in [0.29, 0.717) is 29.6 Å². The van der Waals surface area contributed by atoms with Crippen molar-refractivity contribution in [3.8, 4) is 0 Å². The van der Waals surface area contributed by atoms with E-state index < -0.39 is 0 Å². The van der Waals surface area contributed by atoms with Crippen LogP contribution in [0.3, 0.4) is 0 Å². The molecule has 1 saturated carbocycles. The van der Waals surface area contributed by atoms with Crippen LogP contribution in [-0.4, -0.2) is 38.6 Å². The Labute approximate surface area is 130 Å². The van der Waals surface area contributed by atoms with E-state index in [-0.39, 0.29) is 5.79 Å². The van der Waals surface area contributed by atoms with Gasteiger partial charge in [0, 0.05) is 18.8 Å². The van der Waals surface area contributed by atoms with E-state index in [1.165, 1.54) is 6.33 Å². The number of imidazole rings is 1. The monoisotopic (exact) mass is 353 g/mol. The molecule has 0 radical (unpaired) electrons. The number of fused-ring (bicyclic) bond motifs is 1. The smallest absolute Gasteiger partial charge is 0.168 e. The second-order valence-corrected chi connectivity index (χ2v) is 6.30. The van der Waals surface area contributed by atoms with Crippen LogP contribution >= 0.6 is 15.9 Å². The largest absolute Gasteiger partial charge is 0.382 e. The van der Waals surface area contributed by atoms with Crippen molar-refractivity contribution in [1.82, 2.24) is 19.6 Å². The molecule has 3 heterocycles. The van der Waals surface area contributed by atoms with Crippen molar-refractivity contribution in [1.29, 1.82) is 0 Å². The molecule has 1 spiro atoms. The Balaban J connectivity index is 1.64. The Morgan fingerprint density at radius 2 is 2.00 bits per heavy atom. The average Bonchev–Trinajstić information content (AvgIpc) is 3.07. The van der Waals surface area contributed by atoms with Gasteiger partial charge in [-0.15, -0.1) is 0 Å². The van der Waals surface area contributed by atoms with E-state index in [9.17, 15) is 0 Å². The molecule has 8 heteroatoms. The van der Waals surface area contributed by atoms with Gasteiger partial charge >= 0.3 is 0 Å². The summed E-state index contributed by atoms with van der Waals surface area (Å²) in [5, 5.41) is 4.30. The van der Waals surface area contributed by atoms with Crippen molar-refractivity contribution in [2.24, 2.45) is 0 Å². The van der Waals surface area contributed by atoms with Gasteiger partial charge in [-0.3, -0.25) is 0 Å². The van der Waals surface area contributed by atoms with Crippen LogP contribution in [-0.2, 0) is 9.47 Å². The number of nitrogen functional groups attached to an aromatic ring is 1. The van der Waals surface area contributed by atoms with Gasteiger partial charge in [0.1, 0.15) is 22.3 Å². The maximum Gasteiger partial charge on any atom is 0.168 e. The van der Waals surface area contributed by atoms with Crippen LogP contribution in [0.25, 0.3) is 5.52 Å². The minimum Gasteiger partial charge on any atom is -0.382 e. The number of hydrogen-bond acceptors (Lipinski definition) is 6. The number of hydrogen-bond donors (Lipinski definition) is 1. The molecule has 0 amide bonds. The minimum absolute atomic E-state index is 0.330. The first-order chi connectivity index (χ1) is 10.2. The van der Waals surface area contributed by atoms with E-state index >= 15 is 0 Å². The first kappa shape index (κ1) is 13.4. The highest BCUT2D eigenvalue weighted by molar-refractivity contribution is 9.10. The van der Waals surface area contributed by atoms with Crippen LogP contribution < -0.4 is 5.73 Å². The van der Waals surface area contributed by atoms with Crippen molar-refractivity contribution in [2.75, 3.05) is 18.9 Å². The fourth-order valence-electron chi connectivity index (χ4n) is 3.30. The normalized spacial score (nSPS) is 22.3. The highest BCUT2D eigenvalue weighted by Gasteiger charge is 2.41. The third kappa shape index (κ3) is 2.13. The summed E-state index contributed by atoms with van der Waals surface area (Å²) < 4.78 is 14.0. The van der Waals surface area contributed by atoms with E-state index in [1.807, 2.05) is 0 Å². The number of nitrogens with zero attached hydrogens (tertiary/aromatic N) is 4. The van der Waals surface area contributed by atoms with Crippen molar-refractivity contribution >= 4 is 27.3 Å². The van der Waals surface area contributed by atoms with Crippen LogP contribution in [0.15, 0.2) is 10.9 Å². The maximum absolute atomic E-state index is 5.91.